The summed E-state index contributed by atoms with van der Waals surface area (Å²) in [5, 5.41) is 8.17. The smallest absolute Gasteiger partial charge is 0.416 e. The van der Waals surface area contributed by atoms with Crippen molar-refractivity contribution in [2.75, 3.05) is 0 Å². The van der Waals surface area contributed by atoms with Crippen LogP contribution in [0.25, 0.3) is 0 Å². The molecule has 0 bridgehead atoms. The topological polar surface area (TPSA) is 83.5 Å². The number of halogens is 4. The van der Waals surface area contributed by atoms with E-state index in [9.17, 15) is 26.4 Å². The molecule has 0 aliphatic heterocycles. The molecule has 0 spiro atoms. The molecule has 0 amide bonds. The monoisotopic (exact) mass is 331 g/mol. The fourth-order valence-corrected chi connectivity index (χ4v) is 2.80. The van der Waals surface area contributed by atoms with Gasteiger partial charge in [-0.2, -0.15) is 17.9 Å². The summed E-state index contributed by atoms with van der Waals surface area (Å²) >= 11 is 5.45. The van der Waals surface area contributed by atoms with Gasteiger partial charge in [0.1, 0.15) is 6.04 Å². The molecule has 0 unspecified atom stereocenters. The summed E-state index contributed by atoms with van der Waals surface area (Å²) < 4.78 is 63.0. The van der Waals surface area contributed by atoms with Crippen LogP contribution in [0.5, 0.6) is 0 Å². The Kier molecular flexibility index (Phi) is 4.67. The minimum absolute atomic E-state index is 0.378. The van der Waals surface area contributed by atoms with Crippen LogP contribution in [-0.4, -0.2) is 25.5 Å². The minimum atomic E-state index is -4.77. The predicted molar refractivity (Wildman–Crippen MR) is 63.9 cm³/mol. The Morgan fingerprint density at radius 3 is 2.35 bits per heavy atom. The highest BCUT2D eigenvalue weighted by atomic mass is 35.5. The van der Waals surface area contributed by atoms with Crippen molar-refractivity contribution in [2.24, 2.45) is 0 Å². The first-order valence-corrected chi connectivity index (χ1v) is 6.92. The largest absolute Gasteiger partial charge is 0.480 e. The number of hydrogen-bond acceptors (Lipinski definition) is 3. The van der Waals surface area contributed by atoms with Gasteiger partial charge in [0.2, 0.25) is 10.0 Å². The Morgan fingerprint density at radius 2 is 1.90 bits per heavy atom. The summed E-state index contributed by atoms with van der Waals surface area (Å²) in [6.45, 7) is 1.04. The third-order valence-electron chi connectivity index (χ3n) is 2.21. The van der Waals surface area contributed by atoms with Crippen molar-refractivity contribution in [2.45, 2.75) is 24.0 Å². The zero-order valence-corrected chi connectivity index (χ0v) is 11.5. The van der Waals surface area contributed by atoms with E-state index in [4.69, 9.17) is 16.7 Å². The van der Waals surface area contributed by atoms with Crippen LogP contribution in [0.3, 0.4) is 0 Å². The van der Waals surface area contributed by atoms with Crippen molar-refractivity contribution in [1.29, 1.82) is 0 Å². The SMILES string of the molecule is C[C@@H](NS(=O)(=O)c1cc(Cl)cc(C(F)(F)F)c1)C(=O)O. The van der Waals surface area contributed by atoms with Gasteiger partial charge in [-0.15, -0.1) is 0 Å². The fourth-order valence-electron chi connectivity index (χ4n) is 1.23. The molecule has 0 aromatic heterocycles. The van der Waals surface area contributed by atoms with Crippen LogP contribution in [0.15, 0.2) is 23.1 Å². The zero-order chi connectivity index (χ0) is 15.7. The van der Waals surface area contributed by atoms with Crippen molar-refractivity contribution in [3.63, 3.8) is 0 Å². The van der Waals surface area contributed by atoms with E-state index in [-0.39, 0.29) is 0 Å². The average molecular weight is 332 g/mol. The number of benzene rings is 1. The Bertz CT molecular complexity index is 630. The lowest BCUT2D eigenvalue weighted by Gasteiger charge is -2.13. The molecular weight excluding hydrogens is 323 g/mol. The first-order valence-electron chi connectivity index (χ1n) is 5.06. The first-order chi connectivity index (χ1) is 8.93. The zero-order valence-electron chi connectivity index (χ0n) is 9.90. The molecule has 0 saturated heterocycles. The molecule has 0 radical (unpaired) electrons. The van der Waals surface area contributed by atoms with Gasteiger partial charge in [0.05, 0.1) is 10.5 Å². The van der Waals surface area contributed by atoms with E-state index in [0.717, 1.165) is 13.0 Å². The molecular formula is C10H9ClF3NO4S. The number of carbonyl (C=O) groups is 1. The van der Waals surface area contributed by atoms with Gasteiger partial charge in [0.15, 0.2) is 0 Å². The molecule has 20 heavy (non-hydrogen) atoms. The molecule has 1 atom stereocenters. The van der Waals surface area contributed by atoms with E-state index in [1.165, 1.54) is 0 Å². The lowest BCUT2D eigenvalue weighted by atomic mass is 10.2. The third kappa shape index (κ3) is 4.09. The quantitative estimate of drug-likeness (QED) is 0.885. The Morgan fingerprint density at radius 1 is 1.35 bits per heavy atom. The second kappa shape index (κ2) is 5.58. The molecule has 112 valence electrons. The number of carboxylic acid groups (broad SMARTS) is 1. The molecule has 5 nitrogen and oxygen atoms in total. The Labute approximate surface area is 117 Å². The van der Waals surface area contributed by atoms with Crippen LogP contribution in [0.4, 0.5) is 13.2 Å². The molecule has 1 rings (SSSR count). The maximum absolute atomic E-state index is 12.6. The van der Waals surface area contributed by atoms with E-state index >= 15 is 0 Å². The van der Waals surface area contributed by atoms with Crippen LogP contribution < -0.4 is 4.72 Å². The molecule has 1 aromatic carbocycles. The Hall–Kier alpha value is -1.32. The summed E-state index contributed by atoms with van der Waals surface area (Å²) in [5.74, 6) is -1.47. The molecule has 1 aromatic rings. The lowest BCUT2D eigenvalue weighted by Crippen LogP contribution is -2.38. The highest BCUT2D eigenvalue weighted by Gasteiger charge is 2.33. The van der Waals surface area contributed by atoms with Crippen molar-refractivity contribution >= 4 is 27.6 Å². The van der Waals surface area contributed by atoms with Crippen LogP contribution >= 0.6 is 11.6 Å². The molecule has 0 heterocycles. The summed E-state index contributed by atoms with van der Waals surface area (Å²) in [4.78, 5) is 9.81. The standard InChI is InChI=1S/C10H9ClF3NO4S/c1-5(9(16)17)15-20(18,19)8-3-6(10(12,13)14)2-7(11)4-8/h2-5,15H,1H3,(H,16,17)/t5-/m1/s1. The van der Waals surface area contributed by atoms with Gasteiger partial charge in [-0.25, -0.2) is 8.42 Å². The summed E-state index contributed by atoms with van der Waals surface area (Å²) in [7, 11) is -4.43. The summed E-state index contributed by atoms with van der Waals surface area (Å²) in [6, 6.07) is 0.255. The van der Waals surface area contributed by atoms with E-state index in [0.29, 0.717) is 12.1 Å². The maximum atomic E-state index is 12.6. The maximum Gasteiger partial charge on any atom is 0.416 e. The Balaban J connectivity index is 3.26. The number of carboxylic acids is 1. The number of alkyl halides is 3. The van der Waals surface area contributed by atoms with E-state index in [2.05, 4.69) is 0 Å². The van der Waals surface area contributed by atoms with Crippen LogP contribution in [-0.2, 0) is 21.0 Å². The van der Waals surface area contributed by atoms with Crippen molar-refractivity contribution in [3.8, 4) is 0 Å². The molecule has 0 fully saturated rings. The number of nitrogens with one attached hydrogen (secondary N) is 1. The van der Waals surface area contributed by atoms with Gasteiger partial charge in [0, 0.05) is 5.02 Å². The summed E-state index contributed by atoms with van der Waals surface area (Å²) in [6.07, 6.45) is -4.77. The lowest BCUT2D eigenvalue weighted by molar-refractivity contribution is -0.139. The fraction of sp³-hybridized carbons (Fsp3) is 0.300. The van der Waals surface area contributed by atoms with Gasteiger partial charge < -0.3 is 5.11 Å². The number of hydrogen-bond donors (Lipinski definition) is 2. The second-order valence-corrected chi connectivity index (χ2v) is 6.00. The highest BCUT2D eigenvalue weighted by Crippen LogP contribution is 2.32. The van der Waals surface area contributed by atoms with Crippen LogP contribution in [0.1, 0.15) is 12.5 Å². The average Bonchev–Trinajstić information content (AvgIpc) is 2.26. The van der Waals surface area contributed by atoms with E-state index in [1.54, 1.807) is 4.72 Å². The number of sulfonamides is 1. The van der Waals surface area contributed by atoms with Crippen LogP contribution in [0, 0.1) is 0 Å². The molecule has 0 aliphatic carbocycles. The van der Waals surface area contributed by atoms with E-state index < -0.39 is 43.7 Å². The van der Waals surface area contributed by atoms with Crippen molar-refractivity contribution in [1.82, 2.24) is 4.72 Å². The van der Waals surface area contributed by atoms with Crippen molar-refractivity contribution in [3.05, 3.63) is 28.8 Å². The molecule has 10 heteroatoms. The van der Waals surface area contributed by atoms with Gasteiger partial charge in [-0.3, -0.25) is 4.79 Å². The molecule has 0 saturated carbocycles. The highest BCUT2D eigenvalue weighted by molar-refractivity contribution is 7.89. The first kappa shape index (κ1) is 16.7. The summed E-state index contributed by atoms with van der Waals surface area (Å²) in [5.41, 5.74) is -1.24. The number of rotatable bonds is 4. The van der Waals surface area contributed by atoms with Gasteiger partial charge in [-0.1, -0.05) is 11.6 Å². The third-order valence-corrected chi connectivity index (χ3v) is 3.95. The minimum Gasteiger partial charge on any atom is -0.480 e. The molecule has 0 aliphatic rings. The van der Waals surface area contributed by atoms with Crippen molar-refractivity contribution < 1.29 is 31.5 Å². The number of aliphatic carboxylic acids is 1. The predicted octanol–water partition coefficient (Wildman–Crippen LogP) is 2.11. The van der Waals surface area contributed by atoms with E-state index in [1.807, 2.05) is 0 Å². The van der Waals surface area contributed by atoms with Crippen LogP contribution in [0.2, 0.25) is 5.02 Å². The normalized spacial score (nSPS) is 14.1. The van der Waals surface area contributed by atoms with Gasteiger partial charge in [0.25, 0.3) is 0 Å². The second-order valence-electron chi connectivity index (χ2n) is 3.85. The molecule has 2 N–H and O–H groups in total. The van der Waals surface area contributed by atoms with Gasteiger partial charge in [-0.05, 0) is 25.1 Å². The van der Waals surface area contributed by atoms with Gasteiger partial charge >= 0.3 is 12.1 Å².